The van der Waals surface area contributed by atoms with Crippen LogP contribution in [-0.4, -0.2) is 37.9 Å². The van der Waals surface area contributed by atoms with Crippen molar-refractivity contribution in [1.29, 1.82) is 0 Å². The van der Waals surface area contributed by atoms with Gasteiger partial charge in [0, 0.05) is 18.4 Å². The average molecular weight is 563 g/mol. The Hall–Kier alpha value is -3.89. The van der Waals surface area contributed by atoms with E-state index in [-0.39, 0.29) is 17.8 Å². The van der Waals surface area contributed by atoms with Crippen molar-refractivity contribution in [1.82, 2.24) is 20.3 Å². The van der Waals surface area contributed by atoms with Crippen LogP contribution < -0.4 is 15.4 Å². The van der Waals surface area contributed by atoms with Gasteiger partial charge in [0.25, 0.3) is 5.91 Å². The maximum Gasteiger partial charge on any atom is 0.251 e. The van der Waals surface area contributed by atoms with Crippen LogP contribution in [0.4, 0.5) is 10.1 Å². The summed E-state index contributed by atoms with van der Waals surface area (Å²) in [6.07, 6.45) is 4.71. The molecule has 0 fully saturated rings. The number of nitrogens with two attached hydrogens (primary N) is 1. The molecule has 4 aromatic rings. The number of carbonyl (C=O) groups is 1. The van der Waals surface area contributed by atoms with Crippen molar-refractivity contribution in [2.24, 2.45) is 5.73 Å². The molecule has 0 aliphatic rings. The number of carbonyl (C=O) groups excluding carboxylic acids is 1. The Bertz CT molecular complexity index is 1470. The number of nitrogens with one attached hydrogen (secondary N) is 1. The summed E-state index contributed by atoms with van der Waals surface area (Å²) in [4.78, 5) is 13.4. The highest BCUT2D eigenvalue weighted by molar-refractivity contribution is 7.85. The van der Waals surface area contributed by atoms with Gasteiger partial charge in [-0.1, -0.05) is 54.6 Å². The summed E-state index contributed by atoms with van der Waals surface area (Å²) < 4.78 is 29.3. The van der Waals surface area contributed by atoms with E-state index in [4.69, 9.17) is 5.73 Å². The standard InChI is InChI=1S/C30H35FN6O2S/c1-5-15-37(40(4)39)27-17-24(29(38)33-21(2)23-11-13-25(31)14-12-23)16-26(18-27)36-20-28(34-35-36)30(3,32)19-22-9-7-6-8-10-22/h6-14,16-18,20-21H,5,15,19,32H2,1-4H3,(H,33,38)/t21-,30?,40?/m1/s1. The monoisotopic (exact) mass is 562 g/mol. The number of halogens is 1. The van der Waals surface area contributed by atoms with E-state index in [9.17, 15) is 13.4 Å². The minimum absolute atomic E-state index is 0.327. The van der Waals surface area contributed by atoms with Crippen LogP contribution in [0.3, 0.4) is 0 Å². The molecule has 3 aromatic carbocycles. The topological polar surface area (TPSA) is 106 Å². The predicted molar refractivity (Wildman–Crippen MR) is 157 cm³/mol. The Balaban J connectivity index is 1.68. The highest BCUT2D eigenvalue weighted by Crippen LogP contribution is 2.26. The number of hydrogen-bond donors (Lipinski definition) is 2. The fraction of sp³-hybridized carbons (Fsp3) is 0.300. The molecule has 40 heavy (non-hydrogen) atoms. The molecule has 3 atom stereocenters. The summed E-state index contributed by atoms with van der Waals surface area (Å²) in [5.41, 5.74) is 9.91. The Labute approximate surface area is 237 Å². The van der Waals surface area contributed by atoms with Gasteiger partial charge in [0.05, 0.1) is 29.2 Å². The second-order valence-corrected chi connectivity index (χ2v) is 11.4. The van der Waals surface area contributed by atoms with Crippen molar-refractivity contribution in [3.05, 3.63) is 107 Å². The molecule has 2 unspecified atom stereocenters. The molecule has 0 aliphatic heterocycles. The first kappa shape index (κ1) is 29.1. The Kier molecular flexibility index (Phi) is 9.11. The molecule has 4 rings (SSSR count). The largest absolute Gasteiger partial charge is 0.346 e. The number of nitrogens with zero attached hydrogens (tertiary/aromatic N) is 4. The zero-order valence-corrected chi connectivity index (χ0v) is 24.0. The van der Waals surface area contributed by atoms with Gasteiger partial charge < -0.3 is 11.1 Å². The smallest absolute Gasteiger partial charge is 0.251 e. The predicted octanol–water partition coefficient (Wildman–Crippen LogP) is 4.82. The molecule has 0 radical (unpaired) electrons. The highest BCUT2D eigenvalue weighted by atomic mass is 32.2. The Morgan fingerprint density at radius 3 is 2.50 bits per heavy atom. The number of hydrogen-bond acceptors (Lipinski definition) is 5. The lowest BCUT2D eigenvalue weighted by Crippen LogP contribution is -2.36. The van der Waals surface area contributed by atoms with E-state index in [0.29, 0.717) is 35.6 Å². The third-order valence-corrected chi connectivity index (χ3v) is 7.68. The molecule has 0 spiro atoms. The fourth-order valence-corrected chi connectivity index (χ4v) is 5.33. The van der Waals surface area contributed by atoms with E-state index in [1.165, 1.54) is 12.1 Å². The highest BCUT2D eigenvalue weighted by Gasteiger charge is 2.26. The van der Waals surface area contributed by atoms with E-state index < -0.39 is 16.5 Å². The molecule has 210 valence electrons. The van der Waals surface area contributed by atoms with E-state index >= 15 is 0 Å². The van der Waals surface area contributed by atoms with Crippen LogP contribution in [0.25, 0.3) is 5.69 Å². The van der Waals surface area contributed by atoms with Crippen molar-refractivity contribution in [3.8, 4) is 5.69 Å². The van der Waals surface area contributed by atoms with E-state index in [0.717, 1.165) is 17.5 Å². The number of rotatable bonds is 11. The van der Waals surface area contributed by atoms with Gasteiger partial charge in [-0.15, -0.1) is 5.10 Å². The van der Waals surface area contributed by atoms with Crippen LogP contribution in [0.1, 0.15) is 60.4 Å². The fourth-order valence-electron chi connectivity index (χ4n) is 4.49. The van der Waals surface area contributed by atoms with E-state index in [1.54, 1.807) is 45.7 Å². The molecule has 0 bridgehead atoms. The molecule has 0 saturated carbocycles. The van der Waals surface area contributed by atoms with Crippen LogP contribution in [0.15, 0.2) is 79.0 Å². The minimum atomic E-state index is -1.31. The van der Waals surface area contributed by atoms with Gasteiger partial charge in [0.2, 0.25) is 0 Å². The summed E-state index contributed by atoms with van der Waals surface area (Å²) in [6, 6.07) is 20.8. The van der Waals surface area contributed by atoms with Crippen molar-refractivity contribution in [2.45, 2.75) is 45.2 Å². The van der Waals surface area contributed by atoms with Gasteiger partial charge in [0.1, 0.15) is 22.5 Å². The van der Waals surface area contributed by atoms with Crippen LogP contribution in [-0.2, 0) is 22.9 Å². The second kappa shape index (κ2) is 12.5. The summed E-state index contributed by atoms with van der Waals surface area (Å²) in [6.45, 7) is 6.28. The van der Waals surface area contributed by atoms with Gasteiger partial charge in [-0.25, -0.2) is 13.3 Å². The molecule has 3 N–H and O–H groups in total. The molecule has 0 saturated heterocycles. The van der Waals surface area contributed by atoms with Crippen molar-refractivity contribution in [3.63, 3.8) is 0 Å². The third kappa shape index (κ3) is 7.00. The van der Waals surface area contributed by atoms with Crippen LogP contribution in [0.2, 0.25) is 0 Å². The molecular formula is C30H35FN6O2S. The van der Waals surface area contributed by atoms with Crippen LogP contribution in [0.5, 0.6) is 0 Å². The summed E-state index contributed by atoms with van der Waals surface area (Å²) in [7, 11) is -1.31. The molecule has 10 heteroatoms. The first-order chi connectivity index (χ1) is 19.1. The third-order valence-electron chi connectivity index (χ3n) is 6.66. The quantitative estimate of drug-likeness (QED) is 0.273. The number of amides is 1. The molecule has 1 amide bonds. The van der Waals surface area contributed by atoms with E-state index in [2.05, 4.69) is 15.6 Å². The van der Waals surface area contributed by atoms with Crippen molar-refractivity contribution >= 4 is 22.6 Å². The van der Waals surface area contributed by atoms with Crippen molar-refractivity contribution < 1.29 is 13.4 Å². The molecule has 8 nitrogen and oxygen atoms in total. The lowest BCUT2D eigenvalue weighted by molar-refractivity contribution is 0.0940. The zero-order valence-electron chi connectivity index (χ0n) is 23.2. The van der Waals surface area contributed by atoms with Gasteiger partial charge >= 0.3 is 0 Å². The Morgan fingerprint density at radius 2 is 1.85 bits per heavy atom. The van der Waals surface area contributed by atoms with Crippen LogP contribution >= 0.6 is 0 Å². The van der Waals surface area contributed by atoms with Gasteiger partial charge in [-0.2, -0.15) is 0 Å². The molecule has 0 aliphatic carbocycles. The first-order valence-corrected chi connectivity index (χ1v) is 14.7. The average Bonchev–Trinajstić information content (AvgIpc) is 3.44. The molecule has 1 aromatic heterocycles. The zero-order chi connectivity index (χ0) is 28.9. The van der Waals surface area contributed by atoms with Gasteiger partial charge in [-0.05, 0) is 68.1 Å². The molecule has 1 heterocycles. The summed E-state index contributed by atoms with van der Waals surface area (Å²) >= 11 is 0. The van der Waals surface area contributed by atoms with Gasteiger partial charge in [0.15, 0.2) is 0 Å². The van der Waals surface area contributed by atoms with E-state index in [1.807, 2.05) is 57.2 Å². The first-order valence-electron chi connectivity index (χ1n) is 13.2. The molecular weight excluding hydrogens is 527 g/mol. The number of anilines is 1. The van der Waals surface area contributed by atoms with Crippen LogP contribution in [0, 0.1) is 5.82 Å². The number of aromatic nitrogens is 3. The maximum absolute atomic E-state index is 13.4. The summed E-state index contributed by atoms with van der Waals surface area (Å²) in [5, 5.41) is 11.7. The second-order valence-electron chi connectivity index (χ2n) is 10.1. The minimum Gasteiger partial charge on any atom is -0.346 e. The Morgan fingerprint density at radius 1 is 1.15 bits per heavy atom. The normalized spacial score (nSPS) is 14.2. The van der Waals surface area contributed by atoms with Crippen molar-refractivity contribution in [2.75, 3.05) is 17.1 Å². The lowest BCUT2D eigenvalue weighted by Gasteiger charge is -2.23. The summed E-state index contributed by atoms with van der Waals surface area (Å²) in [5.74, 6) is -0.668. The number of benzene rings is 3. The maximum atomic E-state index is 13.4. The SMILES string of the molecule is CCCN(c1cc(C(=O)N[C@H](C)c2ccc(F)cc2)cc(-n2cc(C(C)(N)Cc3ccccc3)nn2)c1)S(C)=O. The van der Waals surface area contributed by atoms with Gasteiger partial charge in [-0.3, -0.25) is 9.10 Å². The lowest BCUT2D eigenvalue weighted by atomic mass is 9.91.